The molecule has 0 bridgehead atoms. The van der Waals surface area contributed by atoms with Crippen LogP contribution in [0, 0.1) is 0 Å². The molecule has 0 aliphatic heterocycles. The maximum absolute atomic E-state index is 3.98. The second kappa shape index (κ2) is 7.80. The van der Waals surface area contributed by atoms with Gasteiger partial charge in [-0.2, -0.15) is 0 Å². The molecular formula is C29H33N. The Bertz CT molecular complexity index is 1120. The molecule has 0 spiro atoms. The summed E-state index contributed by atoms with van der Waals surface area (Å²) >= 11 is 0. The number of rotatable bonds is 6. The molecule has 0 radical (unpaired) electrons. The van der Waals surface area contributed by atoms with Crippen LogP contribution in [0.25, 0.3) is 21.5 Å². The Morgan fingerprint density at radius 3 is 1.63 bits per heavy atom. The van der Waals surface area contributed by atoms with Crippen LogP contribution in [0.5, 0.6) is 0 Å². The summed E-state index contributed by atoms with van der Waals surface area (Å²) in [4.78, 5) is 0. The maximum Gasteiger partial charge on any atom is 0.0594 e. The van der Waals surface area contributed by atoms with Crippen LogP contribution in [0.3, 0.4) is 0 Å². The number of benzene rings is 4. The van der Waals surface area contributed by atoms with Gasteiger partial charge in [-0.15, -0.1) is 0 Å². The third kappa shape index (κ3) is 3.58. The van der Waals surface area contributed by atoms with E-state index in [2.05, 4.69) is 119 Å². The van der Waals surface area contributed by atoms with Crippen molar-refractivity contribution in [1.82, 2.24) is 0 Å². The van der Waals surface area contributed by atoms with Gasteiger partial charge in [0.05, 0.1) is 11.2 Å². The Labute approximate surface area is 181 Å². The van der Waals surface area contributed by atoms with Crippen LogP contribution in [-0.4, -0.2) is 0 Å². The molecule has 0 fully saturated rings. The van der Waals surface area contributed by atoms with Crippen molar-refractivity contribution in [2.45, 2.75) is 58.4 Å². The molecule has 1 nitrogen and oxygen atoms in total. The first kappa shape index (κ1) is 20.5. The molecule has 154 valence electrons. The van der Waals surface area contributed by atoms with Crippen molar-refractivity contribution in [2.75, 3.05) is 5.32 Å². The molecule has 4 aromatic carbocycles. The Morgan fingerprint density at radius 1 is 0.633 bits per heavy atom. The van der Waals surface area contributed by atoms with E-state index in [1.807, 2.05) is 0 Å². The van der Waals surface area contributed by atoms with Gasteiger partial charge in [0.15, 0.2) is 0 Å². The van der Waals surface area contributed by atoms with Gasteiger partial charge in [-0.25, -0.2) is 0 Å². The van der Waals surface area contributed by atoms with E-state index in [1.165, 1.54) is 38.4 Å². The minimum absolute atomic E-state index is 0.151. The molecule has 0 aromatic heterocycles. The summed E-state index contributed by atoms with van der Waals surface area (Å²) < 4.78 is 0. The van der Waals surface area contributed by atoms with Gasteiger partial charge in [0.1, 0.15) is 0 Å². The predicted molar refractivity (Wildman–Crippen MR) is 132 cm³/mol. The van der Waals surface area contributed by atoms with Gasteiger partial charge in [0, 0.05) is 10.8 Å². The van der Waals surface area contributed by atoms with Crippen molar-refractivity contribution in [3.8, 4) is 0 Å². The zero-order valence-corrected chi connectivity index (χ0v) is 18.9. The average molecular weight is 396 g/mol. The maximum atomic E-state index is 3.98. The normalized spacial score (nSPS) is 14.0. The smallest absolute Gasteiger partial charge is 0.0594 e. The monoisotopic (exact) mass is 395 g/mol. The number of hydrogen-bond donors (Lipinski definition) is 1. The second-order valence-electron chi connectivity index (χ2n) is 9.32. The Morgan fingerprint density at radius 2 is 1.13 bits per heavy atom. The lowest BCUT2D eigenvalue weighted by molar-refractivity contribution is 0.501. The van der Waals surface area contributed by atoms with Gasteiger partial charge in [0.25, 0.3) is 0 Å². The molecule has 0 aliphatic carbocycles. The Hall–Kier alpha value is -2.80. The Balaban J connectivity index is 1.82. The summed E-state index contributed by atoms with van der Waals surface area (Å²) in [5.74, 6) is 0. The molecule has 1 N–H and O–H groups in total. The Kier molecular flexibility index (Phi) is 5.32. The molecule has 1 atom stereocenters. The van der Waals surface area contributed by atoms with E-state index < -0.39 is 0 Å². The highest BCUT2D eigenvalue weighted by Gasteiger charge is 2.27. The molecule has 0 saturated carbocycles. The van der Waals surface area contributed by atoms with Gasteiger partial charge in [0.2, 0.25) is 0 Å². The molecule has 1 unspecified atom stereocenters. The number of anilines is 1. The number of fused-ring (bicyclic) bond motifs is 2. The third-order valence-corrected chi connectivity index (χ3v) is 7.07. The quantitative estimate of drug-likeness (QED) is 0.323. The summed E-state index contributed by atoms with van der Waals surface area (Å²) in [6.45, 7) is 11.5. The summed E-state index contributed by atoms with van der Waals surface area (Å²) in [7, 11) is 0. The van der Waals surface area contributed by atoms with Crippen LogP contribution in [0.1, 0.15) is 58.6 Å². The summed E-state index contributed by atoms with van der Waals surface area (Å²) in [6.07, 6.45) is 2.14. The molecule has 0 aliphatic rings. The SMILES string of the molecule is CCC(C)(C)c1ccc(C(C)(CC)Nc2c3ccccc3cc3ccccc23)cc1. The minimum Gasteiger partial charge on any atom is -0.375 e. The van der Waals surface area contributed by atoms with Gasteiger partial charge < -0.3 is 5.32 Å². The molecule has 0 amide bonds. The summed E-state index contributed by atoms with van der Waals surface area (Å²) in [5, 5.41) is 9.08. The first-order chi connectivity index (χ1) is 14.4. The zero-order valence-electron chi connectivity index (χ0n) is 18.9. The summed E-state index contributed by atoms with van der Waals surface area (Å²) in [5.41, 5.74) is 4.02. The van der Waals surface area contributed by atoms with E-state index >= 15 is 0 Å². The van der Waals surface area contributed by atoms with Crippen LogP contribution < -0.4 is 5.32 Å². The van der Waals surface area contributed by atoms with Gasteiger partial charge in [-0.05, 0) is 53.1 Å². The first-order valence-corrected chi connectivity index (χ1v) is 11.2. The molecule has 0 heterocycles. The second-order valence-corrected chi connectivity index (χ2v) is 9.32. The molecule has 1 heteroatoms. The lowest BCUT2D eigenvalue weighted by Gasteiger charge is -2.34. The van der Waals surface area contributed by atoms with Crippen LogP contribution in [0.4, 0.5) is 5.69 Å². The van der Waals surface area contributed by atoms with Crippen LogP contribution in [0.2, 0.25) is 0 Å². The lowest BCUT2D eigenvalue weighted by atomic mass is 9.80. The zero-order chi connectivity index (χ0) is 21.4. The van der Waals surface area contributed by atoms with Gasteiger partial charge >= 0.3 is 0 Å². The van der Waals surface area contributed by atoms with Crippen molar-refractivity contribution >= 4 is 27.2 Å². The highest BCUT2D eigenvalue weighted by atomic mass is 15.0. The fourth-order valence-electron chi connectivity index (χ4n) is 4.28. The molecule has 4 aromatic rings. The number of hydrogen-bond acceptors (Lipinski definition) is 1. The molecule has 4 rings (SSSR count). The molecule has 0 saturated heterocycles. The first-order valence-electron chi connectivity index (χ1n) is 11.2. The van der Waals surface area contributed by atoms with E-state index in [0.717, 1.165) is 12.8 Å². The van der Waals surface area contributed by atoms with Crippen molar-refractivity contribution in [1.29, 1.82) is 0 Å². The highest BCUT2D eigenvalue weighted by molar-refractivity contribution is 6.11. The van der Waals surface area contributed by atoms with E-state index in [0.29, 0.717) is 0 Å². The van der Waals surface area contributed by atoms with Crippen LogP contribution in [0.15, 0.2) is 78.9 Å². The van der Waals surface area contributed by atoms with E-state index in [1.54, 1.807) is 0 Å². The summed E-state index contributed by atoms with van der Waals surface area (Å²) in [6, 6.07) is 28.9. The largest absolute Gasteiger partial charge is 0.375 e. The predicted octanol–water partition coefficient (Wildman–Crippen LogP) is 8.42. The fourth-order valence-corrected chi connectivity index (χ4v) is 4.28. The van der Waals surface area contributed by atoms with Crippen molar-refractivity contribution in [2.24, 2.45) is 0 Å². The van der Waals surface area contributed by atoms with Crippen molar-refractivity contribution in [3.05, 3.63) is 90.0 Å². The molecular weight excluding hydrogens is 362 g/mol. The van der Waals surface area contributed by atoms with Crippen molar-refractivity contribution < 1.29 is 0 Å². The van der Waals surface area contributed by atoms with Gasteiger partial charge in [-0.1, -0.05) is 100 Å². The van der Waals surface area contributed by atoms with Crippen LogP contribution in [-0.2, 0) is 11.0 Å². The molecule has 30 heavy (non-hydrogen) atoms. The van der Waals surface area contributed by atoms with Gasteiger partial charge in [-0.3, -0.25) is 0 Å². The van der Waals surface area contributed by atoms with Crippen LogP contribution >= 0.6 is 0 Å². The lowest BCUT2D eigenvalue weighted by Crippen LogP contribution is -2.31. The standard InChI is InChI=1S/C29H33N/c1-6-28(3,4)23-16-18-24(19-17-23)29(5,7-2)30-27-25-14-10-8-12-21(25)20-22-13-9-11-15-26(22)27/h8-20,30H,6-7H2,1-5H3. The third-order valence-electron chi connectivity index (χ3n) is 7.07. The van der Waals surface area contributed by atoms with E-state index in [-0.39, 0.29) is 11.0 Å². The fraction of sp³-hybridized carbons (Fsp3) is 0.310. The average Bonchev–Trinajstić information content (AvgIpc) is 2.79. The highest BCUT2D eigenvalue weighted by Crippen LogP contribution is 2.38. The number of nitrogens with one attached hydrogen (secondary N) is 1. The van der Waals surface area contributed by atoms with Crippen molar-refractivity contribution in [3.63, 3.8) is 0 Å². The van der Waals surface area contributed by atoms with E-state index in [9.17, 15) is 0 Å². The van der Waals surface area contributed by atoms with E-state index in [4.69, 9.17) is 0 Å². The minimum atomic E-state index is -0.151. The topological polar surface area (TPSA) is 12.0 Å².